The zero-order valence-corrected chi connectivity index (χ0v) is 42.2. The maximum atomic E-state index is 7.03. The number of nitrogens with zero attached hydrogens (tertiary/aromatic N) is 4. The molecule has 336 valence electrons. The summed E-state index contributed by atoms with van der Waals surface area (Å²) in [7, 11) is 0. The van der Waals surface area contributed by atoms with Crippen molar-refractivity contribution in [1.82, 2.24) is 9.55 Å². The average molecular weight is 1040 g/mol. The summed E-state index contributed by atoms with van der Waals surface area (Å²) >= 11 is 0. The SMILES string of the molecule is CC(C)c1cc(C(C)C)c(-c2cc(Oc3[c-]c4c(cc3)c3ccccc3n4-c3cc(C(C)(C)C)ccn3)[c-]c(N3[CH-]N(c4cccc(C(C)(C)C)c4)c4ccccc43)c2)c(C(C)C)c1.[Pt]. The van der Waals surface area contributed by atoms with E-state index < -0.39 is 0 Å². The summed E-state index contributed by atoms with van der Waals surface area (Å²) in [5.74, 6) is 3.10. The van der Waals surface area contributed by atoms with Crippen molar-refractivity contribution in [3.63, 3.8) is 0 Å². The van der Waals surface area contributed by atoms with Crippen molar-refractivity contribution in [1.29, 1.82) is 0 Å². The van der Waals surface area contributed by atoms with Gasteiger partial charge in [0.05, 0.1) is 0 Å². The maximum absolute atomic E-state index is 7.03. The van der Waals surface area contributed by atoms with Crippen LogP contribution in [0.5, 0.6) is 11.5 Å². The Kier molecular flexibility index (Phi) is 12.5. The van der Waals surface area contributed by atoms with Gasteiger partial charge in [-0.25, -0.2) is 4.98 Å². The molecule has 1 aliphatic heterocycles. The number of benzene rings is 6. The molecule has 5 nitrogen and oxygen atoms in total. The molecule has 0 fully saturated rings. The second-order valence-electron chi connectivity index (χ2n) is 20.5. The smallest absolute Gasteiger partial charge is 0.135 e. The Morgan fingerprint density at radius 2 is 1.23 bits per heavy atom. The van der Waals surface area contributed by atoms with Gasteiger partial charge in [0, 0.05) is 61.3 Å². The van der Waals surface area contributed by atoms with Gasteiger partial charge in [0.15, 0.2) is 0 Å². The van der Waals surface area contributed by atoms with E-state index in [0.29, 0.717) is 29.3 Å². The van der Waals surface area contributed by atoms with Crippen LogP contribution in [0.3, 0.4) is 0 Å². The molecule has 0 atom stereocenters. The molecule has 0 aliphatic carbocycles. The van der Waals surface area contributed by atoms with Crippen LogP contribution < -0.4 is 14.5 Å². The monoisotopic (exact) mass is 1040 g/mol. The third kappa shape index (κ3) is 8.77. The summed E-state index contributed by atoms with van der Waals surface area (Å²) < 4.78 is 9.25. The third-order valence-corrected chi connectivity index (χ3v) is 12.8. The summed E-state index contributed by atoms with van der Waals surface area (Å²) in [4.78, 5) is 9.48. The summed E-state index contributed by atoms with van der Waals surface area (Å²) in [6, 6.07) is 51.4. The van der Waals surface area contributed by atoms with Crippen LogP contribution in [0.1, 0.15) is 129 Å². The minimum atomic E-state index is -0.0340. The van der Waals surface area contributed by atoms with Crippen molar-refractivity contribution >= 4 is 44.6 Å². The largest absolute Gasteiger partial charge is 0.509 e. The molecule has 6 aromatic carbocycles. The summed E-state index contributed by atoms with van der Waals surface area (Å²) in [5.41, 5.74) is 15.1. The van der Waals surface area contributed by atoms with Crippen LogP contribution in [0.15, 0.2) is 128 Å². The molecule has 0 bridgehead atoms. The number of anilines is 4. The fraction of sp³-hybridized carbons (Fsp3) is 0.288. The molecular formula is C59H61N4OPt-3. The van der Waals surface area contributed by atoms with Crippen molar-refractivity contribution in [2.75, 3.05) is 9.80 Å². The van der Waals surface area contributed by atoms with Gasteiger partial charge in [0.1, 0.15) is 5.82 Å². The minimum Gasteiger partial charge on any atom is -0.509 e. The molecule has 0 saturated carbocycles. The van der Waals surface area contributed by atoms with Crippen LogP contribution in [0.25, 0.3) is 38.8 Å². The topological polar surface area (TPSA) is 33.5 Å². The molecule has 2 aromatic heterocycles. The second-order valence-corrected chi connectivity index (χ2v) is 20.5. The molecule has 6 heteroatoms. The fourth-order valence-corrected chi connectivity index (χ4v) is 9.08. The standard InChI is InChI=1S/C59H61N4O.Pt/c1-37(2)40-30-50(38(3)4)57(51(31-40)39(5)6)41-28-45(62-36-61(53-22-15-16-23-54(53)62)44-19-17-18-42(32-44)58(7,8)9)34-47(29-41)64-46-24-25-49-48-20-13-14-21-52(48)63(55(49)35-46)56-33-43(26-27-60-56)59(10,11)12;/h13-33,36-39H,1-12H3;/q-3;. The maximum Gasteiger partial charge on any atom is 0.135 e. The predicted octanol–water partition coefficient (Wildman–Crippen LogP) is 16.6. The molecule has 3 heterocycles. The van der Waals surface area contributed by atoms with E-state index >= 15 is 0 Å². The van der Waals surface area contributed by atoms with Crippen molar-refractivity contribution < 1.29 is 25.8 Å². The van der Waals surface area contributed by atoms with Crippen molar-refractivity contribution in [3.8, 4) is 28.4 Å². The van der Waals surface area contributed by atoms with Crippen molar-refractivity contribution in [2.45, 2.75) is 112 Å². The number of hydrogen-bond donors (Lipinski definition) is 0. The van der Waals surface area contributed by atoms with E-state index in [2.05, 4.69) is 232 Å². The summed E-state index contributed by atoms with van der Waals surface area (Å²) in [5, 5.41) is 2.24. The van der Waals surface area contributed by atoms with Gasteiger partial charge >= 0.3 is 0 Å². The Bertz CT molecular complexity index is 3010. The number of fused-ring (bicyclic) bond motifs is 4. The zero-order valence-electron chi connectivity index (χ0n) is 39.9. The zero-order chi connectivity index (χ0) is 45.2. The first-order chi connectivity index (χ1) is 30.5. The van der Waals surface area contributed by atoms with Crippen molar-refractivity contribution in [3.05, 3.63) is 174 Å². The molecule has 0 N–H and O–H groups in total. The first-order valence-corrected chi connectivity index (χ1v) is 22.9. The van der Waals surface area contributed by atoms with E-state index in [0.717, 1.165) is 55.9 Å². The molecule has 0 amide bonds. The van der Waals surface area contributed by atoms with Crippen LogP contribution in [0.2, 0.25) is 0 Å². The molecule has 0 radical (unpaired) electrons. The van der Waals surface area contributed by atoms with E-state index in [9.17, 15) is 0 Å². The number of ether oxygens (including phenoxy) is 1. The van der Waals surface area contributed by atoms with E-state index in [1.807, 2.05) is 12.3 Å². The Morgan fingerprint density at radius 3 is 1.89 bits per heavy atom. The number of para-hydroxylation sites is 3. The van der Waals surface area contributed by atoms with Gasteiger partial charge in [-0.05, 0) is 110 Å². The van der Waals surface area contributed by atoms with E-state index in [1.54, 1.807) is 0 Å². The van der Waals surface area contributed by atoms with E-state index in [-0.39, 0.29) is 31.9 Å². The van der Waals surface area contributed by atoms with Gasteiger partial charge in [0.25, 0.3) is 0 Å². The quantitative estimate of drug-likeness (QED) is 0.135. The number of pyridine rings is 1. The van der Waals surface area contributed by atoms with E-state index in [4.69, 9.17) is 9.72 Å². The van der Waals surface area contributed by atoms with Gasteiger partial charge in [-0.3, -0.25) is 0 Å². The Hall–Kier alpha value is -5.64. The molecule has 1 aliphatic rings. The Balaban J connectivity index is 0.00000576. The molecule has 0 spiro atoms. The summed E-state index contributed by atoms with van der Waals surface area (Å²) in [6.45, 7) is 29.5. The summed E-state index contributed by atoms with van der Waals surface area (Å²) in [6.07, 6.45) is 1.92. The van der Waals surface area contributed by atoms with Crippen LogP contribution in [-0.4, -0.2) is 9.55 Å². The van der Waals surface area contributed by atoms with Crippen molar-refractivity contribution in [2.24, 2.45) is 0 Å². The van der Waals surface area contributed by atoms with Gasteiger partial charge in [-0.15, -0.1) is 53.6 Å². The Morgan fingerprint density at radius 1 is 0.585 bits per heavy atom. The van der Waals surface area contributed by atoms with Gasteiger partial charge < -0.3 is 19.1 Å². The number of hydrogen-bond acceptors (Lipinski definition) is 4. The average Bonchev–Trinajstić information content (AvgIpc) is 3.81. The van der Waals surface area contributed by atoms with Crippen LogP contribution >= 0.6 is 0 Å². The second kappa shape index (κ2) is 17.6. The van der Waals surface area contributed by atoms with E-state index in [1.165, 1.54) is 33.4 Å². The first-order valence-electron chi connectivity index (χ1n) is 22.9. The Labute approximate surface area is 401 Å². The predicted molar refractivity (Wildman–Crippen MR) is 269 cm³/mol. The van der Waals surface area contributed by atoms with Gasteiger partial charge in [-0.1, -0.05) is 143 Å². The van der Waals surface area contributed by atoms with Gasteiger partial charge in [0.2, 0.25) is 0 Å². The fourth-order valence-electron chi connectivity index (χ4n) is 9.08. The molecule has 8 aromatic rings. The normalized spacial score (nSPS) is 13.1. The molecule has 9 rings (SSSR count). The number of rotatable bonds is 9. The van der Waals surface area contributed by atoms with Crippen LogP contribution in [-0.2, 0) is 31.9 Å². The number of aromatic nitrogens is 2. The molecule has 0 saturated heterocycles. The third-order valence-electron chi connectivity index (χ3n) is 12.8. The van der Waals surface area contributed by atoms with Crippen LogP contribution in [0, 0.1) is 18.8 Å². The minimum absolute atomic E-state index is 0. The molecular weight excluding hydrogens is 976 g/mol. The molecule has 65 heavy (non-hydrogen) atoms. The van der Waals surface area contributed by atoms with Crippen LogP contribution in [0.4, 0.5) is 22.7 Å². The van der Waals surface area contributed by atoms with Gasteiger partial charge in [-0.2, -0.15) is 6.07 Å². The molecule has 0 unspecified atom stereocenters. The first kappa shape index (κ1) is 45.9.